The minimum absolute atomic E-state index is 0.0868. The first kappa shape index (κ1) is 14.8. The Labute approximate surface area is 129 Å². The van der Waals surface area contributed by atoms with E-state index in [0.29, 0.717) is 16.1 Å². The highest BCUT2D eigenvalue weighted by atomic mass is 79.9. The van der Waals surface area contributed by atoms with Crippen molar-refractivity contribution in [2.45, 2.75) is 12.3 Å². The van der Waals surface area contributed by atoms with Crippen molar-refractivity contribution in [3.05, 3.63) is 62.7 Å². The molecule has 0 aliphatic rings. The van der Waals surface area contributed by atoms with Crippen molar-refractivity contribution in [3.8, 4) is 11.5 Å². The van der Waals surface area contributed by atoms with Crippen molar-refractivity contribution in [2.24, 2.45) is 0 Å². The van der Waals surface area contributed by atoms with Gasteiger partial charge in [0.2, 0.25) is 5.75 Å². The summed E-state index contributed by atoms with van der Waals surface area (Å²) >= 11 is 9.45. The van der Waals surface area contributed by atoms with Gasteiger partial charge in [-0.2, -0.15) is 0 Å². The van der Waals surface area contributed by atoms with Crippen LogP contribution >= 0.6 is 27.5 Å². The van der Waals surface area contributed by atoms with Gasteiger partial charge in [-0.3, -0.25) is 10.1 Å². The van der Waals surface area contributed by atoms with E-state index in [9.17, 15) is 10.1 Å². The van der Waals surface area contributed by atoms with Gasteiger partial charge in [0.25, 0.3) is 0 Å². The number of benzene rings is 2. The second-order valence-corrected chi connectivity index (χ2v) is 5.20. The van der Waals surface area contributed by atoms with E-state index in [2.05, 4.69) is 15.9 Å². The number of rotatable bonds is 4. The van der Waals surface area contributed by atoms with Crippen molar-refractivity contribution in [1.82, 2.24) is 0 Å². The van der Waals surface area contributed by atoms with Crippen LogP contribution in [0, 0.1) is 17.0 Å². The highest BCUT2D eigenvalue weighted by Gasteiger charge is 2.16. The van der Waals surface area contributed by atoms with Gasteiger partial charge in [-0.05, 0) is 36.2 Å². The lowest BCUT2D eigenvalue weighted by molar-refractivity contribution is -0.385. The molecule has 0 aliphatic carbocycles. The first-order chi connectivity index (χ1) is 9.51. The van der Waals surface area contributed by atoms with Gasteiger partial charge in [0.05, 0.1) is 9.95 Å². The van der Waals surface area contributed by atoms with Gasteiger partial charge in [-0.1, -0.05) is 39.7 Å². The zero-order chi connectivity index (χ0) is 14.7. The Morgan fingerprint density at radius 3 is 2.60 bits per heavy atom. The second kappa shape index (κ2) is 6.24. The number of hydrogen-bond acceptors (Lipinski definition) is 3. The van der Waals surface area contributed by atoms with Crippen LogP contribution < -0.4 is 4.74 Å². The minimum atomic E-state index is -0.477. The van der Waals surface area contributed by atoms with Crippen LogP contribution in [0.4, 0.5) is 5.69 Å². The third-order valence-electron chi connectivity index (χ3n) is 2.68. The molecule has 2 aromatic rings. The number of halogens is 2. The van der Waals surface area contributed by atoms with Crippen LogP contribution in [0.15, 0.2) is 36.4 Å². The number of nitro groups is 1. The maximum atomic E-state index is 11.0. The fraction of sp³-hybridized carbons (Fsp3) is 0.143. The molecule has 0 amide bonds. The first-order valence-electron chi connectivity index (χ1n) is 5.78. The van der Waals surface area contributed by atoms with Crippen LogP contribution in [0.5, 0.6) is 11.5 Å². The predicted molar refractivity (Wildman–Crippen MR) is 82.0 cm³/mol. The SMILES string of the molecule is Cc1ccc([N+](=O)[O-])c(Oc2ccc(CBr)cc2Cl)c1. The second-order valence-electron chi connectivity index (χ2n) is 4.23. The zero-order valence-electron chi connectivity index (χ0n) is 10.6. The third-order valence-corrected chi connectivity index (χ3v) is 3.63. The van der Waals surface area contributed by atoms with Gasteiger partial charge in [-0.25, -0.2) is 0 Å². The molecule has 0 bridgehead atoms. The number of alkyl halides is 1. The molecule has 4 nitrogen and oxygen atoms in total. The van der Waals surface area contributed by atoms with E-state index in [1.54, 1.807) is 24.3 Å². The van der Waals surface area contributed by atoms with Crippen LogP contribution in [0.3, 0.4) is 0 Å². The molecule has 0 saturated heterocycles. The lowest BCUT2D eigenvalue weighted by Gasteiger charge is -2.09. The van der Waals surface area contributed by atoms with E-state index in [1.807, 2.05) is 13.0 Å². The summed E-state index contributed by atoms with van der Waals surface area (Å²) in [6.07, 6.45) is 0. The van der Waals surface area contributed by atoms with Crippen LogP contribution in [0.2, 0.25) is 5.02 Å². The Morgan fingerprint density at radius 2 is 2.00 bits per heavy atom. The summed E-state index contributed by atoms with van der Waals surface area (Å²) in [5.41, 5.74) is 1.79. The third kappa shape index (κ3) is 3.29. The summed E-state index contributed by atoms with van der Waals surface area (Å²) in [4.78, 5) is 10.5. The Morgan fingerprint density at radius 1 is 1.25 bits per heavy atom. The number of hydrogen-bond donors (Lipinski definition) is 0. The molecule has 0 saturated carbocycles. The molecule has 0 heterocycles. The molecule has 0 spiro atoms. The topological polar surface area (TPSA) is 52.4 Å². The molecule has 0 aromatic heterocycles. The normalized spacial score (nSPS) is 10.3. The molecule has 2 aromatic carbocycles. The van der Waals surface area contributed by atoms with E-state index in [-0.39, 0.29) is 11.4 Å². The van der Waals surface area contributed by atoms with Gasteiger partial charge >= 0.3 is 5.69 Å². The lowest BCUT2D eigenvalue weighted by atomic mass is 10.2. The predicted octanol–water partition coefficient (Wildman–Crippen LogP) is 5.24. The van der Waals surface area contributed by atoms with Crippen molar-refractivity contribution in [3.63, 3.8) is 0 Å². The number of aryl methyl sites for hydroxylation is 1. The molecule has 6 heteroatoms. The quantitative estimate of drug-likeness (QED) is 0.427. The van der Waals surface area contributed by atoms with Crippen molar-refractivity contribution in [1.29, 1.82) is 0 Å². The summed E-state index contributed by atoms with van der Waals surface area (Å²) in [5, 5.41) is 12.1. The van der Waals surface area contributed by atoms with Gasteiger partial charge in [0, 0.05) is 11.4 Å². The van der Waals surface area contributed by atoms with E-state index < -0.39 is 4.92 Å². The summed E-state index contributed by atoms with van der Waals surface area (Å²) in [7, 11) is 0. The Bertz CT molecular complexity index is 661. The van der Waals surface area contributed by atoms with E-state index in [1.165, 1.54) is 6.07 Å². The standard InChI is InChI=1S/C14H11BrClNO3/c1-9-2-4-12(17(18)19)14(6-9)20-13-5-3-10(8-15)7-11(13)16/h2-7H,8H2,1H3. The molecule has 104 valence electrons. The van der Waals surface area contributed by atoms with Gasteiger partial charge < -0.3 is 4.74 Å². The smallest absolute Gasteiger partial charge is 0.311 e. The number of nitrogens with zero attached hydrogens (tertiary/aromatic N) is 1. The van der Waals surface area contributed by atoms with Crippen LogP contribution in [-0.4, -0.2) is 4.92 Å². The summed E-state index contributed by atoms with van der Waals surface area (Å²) in [6.45, 7) is 1.84. The highest BCUT2D eigenvalue weighted by Crippen LogP contribution is 2.36. The van der Waals surface area contributed by atoms with Gasteiger partial charge in [0.1, 0.15) is 5.75 Å². The molecule has 2 rings (SSSR count). The molecule has 0 atom stereocenters. The molecule has 0 N–H and O–H groups in total. The average Bonchev–Trinajstić information content (AvgIpc) is 2.40. The van der Waals surface area contributed by atoms with E-state index in [0.717, 1.165) is 11.1 Å². The van der Waals surface area contributed by atoms with E-state index in [4.69, 9.17) is 16.3 Å². The summed E-state index contributed by atoms with van der Waals surface area (Å²) < 4.78 is 5.59. The average molecular weight is 357 g/mol. The van der Waals surface area contributed by atoms with Crippen molar-refractivity contribution >= 4 is 33.2 Å². The van der Waals surface area contributed by atoms with Crippen LogP contribution in [0.1, 0.15) is 11.1 Å². The van der Waals surface area contributed by atoms with Gasteiger partial charge in [-0.15, -0.1) is 0 Å². The molecular weight excluding hydrogens is 346 g/mol. The van der Waals surface area contributed by atoms with Crippen LogP contribution in [-0.2, 0) is 5.33 Å². The van der Waals surface area contributed by atoms with Crippen molar-refractivity contribution in [2.75, 3.05) is 0 Å². The highest BCUT2D eigenvalue weighted by molar-refractivity contribution is 9.08. The molecule has 0 fully saturated rings. The number of ether oxygens (including phenoxy) is 1. The van der Waals surface area contributed by atoms with Gasteiger partial charge in [0.15, 0.2) is 0 Å². The minimum Gasteiger partial charge on any atom is -0.449 e. The number of nitro benzene ring substituents is 1. The van der Waals surface area contributed by atoms with E-state index >= 15 is 0 Å². The molecule has 0 unspecified atom stereocenters. The molecule has 0 radical (unpaired) electrons. The molecule has 0 aliphatic heterocycles. The maximum absolute atomic E-state index is 11.0. The fourth-order valence-electron chi connectivity index (χ4n) is 1.68. The fourth-order valence-corrected chi connectivity index (χ4v) is 2.27. The Hall–Kier alpha value is -1.59. The maximum Gasteiger partial charge on any atom is 0.311 e. The Kier molecular flexibility index (Phi) is 4.62. The summed E-state index contributed by atoms with van der Waals surface area (Å²) in [6, 6.07) is 10.0. The monoisotopic (exact) mass is 355 g/mol. The summed E-state index contributed by atoms with van der Waals surface area (Å²) in [5.74, 6) is 0.577. The molecular formula is C14H11BrClNO3. The lowest BCUT2D eigenvalue weighted by Crippen LogP contribution is -1.94. The molecule has 20 heavy (non-hydrogen) atoms. The zero-order valence-corrected chi connectivity index (χ0v) is 12.9. The first-order valence-corrected chi connectivity index (χ1v) is 7.28. The Balaban J connectivity index is 2.39. The largest absolute Gasteiger partial charge is 0.449 e. The van der Waals surface area contributed by atoms with Crippen LogP contribution in [0.25, 0.3) is 0 Å². The van der Waals surface area contributed by atoms with Crippen molar-refractivity contribution < 1.29 is 9.66 Å².